The van der Waals surface area contributed by atoms with Crippen molar-refractivity contribution in [1.82, 2.24) is 9.78 Å². The monoisotopic (exact) mass is 244 g/mol. The van der Waals surface area contributed by atoms with Crippen molar-refractivity contribution < 1.29 is 4.92 Å². The molecule has 0 aliphatic rings. The zero-order chi connectivity index (χ0) is 12.1. The number of aryl methyl sites for hydroxylation is 1. The van der Waals surface area contributed by atoms with Gasteiger partial charge in [0.1, 0.15) is 6.20 Å². The smallest absolute Gasteiger partial charge is 0.330 e. The zero-order valence-corrected chi connectivity index (χ0v) is 10.5. The second kappa shape index (κ2) is 5.74. The van der Waals surface area contributed by atoms with E-state index in [9.17, 15) is 10.1 Å². The lowest BCUT2D eigenvalue weighted by Crippen LogP contribution is -2.14. The molecule has 0 bridgehead atoms. The molecular formula is C9H16N4O2S. The van der Waals surface area contributed by atoms with Crippen LogP contribution in [0.3, 0.4) is 0 Å². The molecule has 1 aromatic heterocycles. The van der Waals surface area contributed by atoms with E-state index in [1.165, 1.54) is 10.9 Å². The fourth-order valence-corrected chi connectivity index (χ4v) is 2.04. The standard InChI is InChI=1S/C9H16N4O2S/c1-7(6-16-3)4-10-9-8(13(14)15)5-12(2)11-9/h5,7H,4,6H2,1-3H3,(H,10,11). The summed E-state index contributed by atoms with van der Waals surface area (Å²) in [5.74, 6) is 1.82. The molecule has 1 aromatic rings. The van der Waals surface area contributed by atoms with Crippen LogP contribution in [0.25, 0.3) is 0 Å². The summed E-state index contributed by atoms with van der Waals surface area (Å²) >= 11 is 1.76. The first kappa shape index (κ1) is 12.8. The molecule has 7 heteroatoms. The van der Waals surface area contributed by atoms with E-state index in [1.807, 2.05) is 6.26 Å². The molecule has 16 heavy (non-hydrogen) atoms. The summed E-state index contributed by atoms with van der Waals surface area (Å²) in [5, 5.41) is 17.7. The Morgan fingerprint density at radius 1 is 1.75 bits per heavy atom. The lowest BCUT2D eigenvalue weighted by atomic mass is 10.2. The Bertz CT molecular complexity index is 366. The average molecular weight is 244 g/mol. The van der Waals surface area contributed by atoms with E-state index in [0.29, 0.717) is 18.3 Å². The maximum atomic E-state index is 10.7. The largest absolute Gasteiger partial charge is 0.363 e. The number of rotatable bonds is 6. The van der Waals surface area contributed by atoms with Gasteiger partial charge >= 0.3 is 5.69 Å². The van der Waals surface area contributed by atoms with Gasteiger partial charge in [-0.3, -0.25) is 14.8 Å². The van der Waals surface area contributed by atoms with Crippen LogP contribution in [0.15, 0.2) is 6.20 Å². The fraction of sp³-hybridized carbons (Fsp3) is 0.667. The van der Waals surface area contributed by atoms with Crippen molar-refractivity contribution in [3.05, 3.63) is 16.3 Å². The van der Waals surface area contributed by atoms with Crippen LogP contribution in [-0.2, 0) is 7.05 Å². The fourth-order valence-electron chi connectivity index (χ4n) is 1.35. The van der Waals surface area contributed by atoms with Crippen LogP contribution in [-0.4, -0.2) is 33.3 Å². The second-order valence-corrected chi connectivity index (χ2v) is 4.65. The number of anilines is 1. The molecule has 0 amide bonds. The van der Waals surface area contributed by atoms with Crippen molar-refractivity contribution in [2.45, 2.75) is 6.92 Å². The highest BCUT2D eigenvalue weighted by atomic mass is 32.2. The minimum atomic E-state index is -0.422. The van der Waals surface area contributed by atoms with Crippen LogP contribution < -0.4 is 5.32 Å². The molecule has 0 fully saturated rings. The van der Waals surface area contributed by atoms with Gasteiger partial charge in [-0.25, -0.2) is 0 Å². The predicted octanol–water partition coefficient (Wildman–Crippen LogP) is 1.74. The Balaban J connectivity index is 2.62. The lowest BCUT2D eigenvalue weighted by Gasteiger charge is -2.09. The maximum Gasteiger partial charge on any atom is 0.330 e. The third-order valence-electron chi connectivity index (χ3n) is 2.08. The Kier molecular flexibility index (Phi) is 4.60. The molecule has 0 radical (unpaired) electrons. The third-order valence-corrected chi connectivity index (χ3v) is 2.98. The average Bonchev–Trinajstić information content (AvgIpc) is 2.57. The minimum absolute atomic E-state index is 0.0267. The zero-order valence-electron chi connectivity index (χ0n) is 9.64. The van der Waals surface area contributed by atoms with Gasteiger partial charge < -0.3 is 5.32 Å². The summed E-state index contributed by atoms with van der Waals surface area (Å²) in [5.41, 5.74) is 0.0267. The molecule has 1 heterocycles. The second-order valence-electron chi connectivity index (χ2n) is 3.74. The van der Waals surface area contributed by atoms with Gasteiger partial charge in [0.25, 0.3) is 0 Å². The van der Waals surface area contributed by atoms with Crippen LogP contribution in [0.2, 0.25) is 0 Å². The van der Waals surface area contributed by atoms with Gasteiger partial charge in [0.2, 0.25) is 5.82 Å². The van der Waals surface area contributed by atoms with Gasteiger partial charge in [-0.15, -0.1) is 5.10 Å². The highest BCUT2D eigenvalue weighted by Crippen LogP contribution is 2.21. The molecule has 1 N–H and O–H groups in total. The van der Waals surface area contributed by atoms with Crippen molar-refractivity contribution in [2.24, 2.45) is 13.0 Å². The number of hydrogen-bond donors (Lipinski definition) is 1. The summed E-state index contributed by atoms with van der Waals surface area (Å²) in [6.07, 6.45) is 3.45. The number of nitro groups is 1. The van der Waals surface area contributed by atoms with Crippen molar-refractivity contribution in [2.75, 3.05) is 23.9 Å². The first-order valence-electron chi connectivity index (χ1n) is 4.95. The van der Waals surface area contributed by atoms with Crippen LogP contribution >= 0.6 is 11.8 Å². The quantitative estimate of drug-likeness (QED) is 0.609. The van der Waals surface area contributed by atoms with Crippen molar-refractivity contribution in [3.8, 4) is 0 Å². The summed E-state index contributed by atoms with van der Waals surface area (Å²) in [6, 6.07) is 0. The van der Waals surface area contributed by atoms with Crippen molar-refractivity contribution in [1.29, 1.82) is 0 Å². The molecular weight excluding hydrogens is 228 g/mol. The molecule has 1 rings (SSSR count). The molecule has 1 unspecified atom stereocenters. The number of thioether (sulfide) groups is 1. The van der Waals surface area contributed by atoms with E-state index in [-0.39, 0.29) is 5.69 Å². The highest BCUT2D eigenvalue weighted by molar-refractivity contribution is 7.98. The van der Waals surface area contributed by atoms with E-state index >= 15 is 0 Å². The Hall–Kier alpha value is -1.24. The van der Waals surface area contributed by atoms with E-state index < -0.39 is 4.92 Å². The van der Waals surface area contributed by atoms with E-state index in [1.54, 1.807) is 18.8 Å². The van der Waals surface area contributed by atoms with E-state index in [4.69, 9.17) is 0 Å². The molecule has 0 aliphatic heterocycles. The van der Waals surface area contributed by atoms with Gasteiger partial charge in [-0.05, 0) is 17.9 Å². The first-order chi connectivity index (χ1) is 7.54. The van der Waals surface area contributed by atoms with Gasteiger partial charge in [-0.2, -0.15) is 11.8 Å². The van der Waals surface area contributed by atoms with Gasteiger partial charge in [0, 0.05) is 13.6 Å². The van der Waals surface area contributed by atoms with Crippen LogP contribution in [0.4, 0.5) is 11.5 Å². The van der Waals surface area contributed by atoms with E-state index in [2.05, 4.69) is 17.3 Å². The number of aromatic nitrogens is 2. The molecule has 0 saturated carbocycles. The van der Waals surface area contributed by atoms with Crippen molar-refractivity contribution in [3.63, 3.8) is 0 Å². The molecule has 90 valence electrons. The van der Waals surface area contributed by atoms with E-state index in [0.717, 1.165) is 5.75 Å². The van der Waals surface area contributed by atoms with Crippen LogP contribution in [0.5, 0.6) is 0 Å². The molecule has 6 nitrogen and oxygen atoms in total. The predicted molar refractivity (Wildman–Crippen MR) is 65.9 cm³/mol. The van der Waals surface area contributed by atoms with Crippen LogP contribution in [0, 0.1) is 16.0 Å². The molecule has 0 aromatic carbocycles. The number of nitrogens with zero attached hydrogens (tertiary/aromatic N) is 3. The highest BCUT2D eigenvalue weighted by Gasteiger charge is 2.18. The van der Waals surface area contributed by atoms with Gasteiger partial charge in [-0.1, -0.05) is 6.92 Å². The van der Waals surface area contributed by atoms with Gasteiger partial charge in [0.05, 0.1) is 4.92 Å². The van der Waals surface area contributed by atoms with Crippen LogP contribution in [0.1, 0.15) is 6.92 Å². The van der Waals surface area contributed by atoms with Gasteiger partial charge in [0.15, 0.2) is 0 Å². The normalized spacial score (nSPS) is 12.4. The van der Waals surface area contributed by atoms with Crippen molar-refractivity contribution >= 4 is 23.3 Å². The molecule has 1 atom stereocenters. The topological polar surface area (TPSA) is 73.0 Å². The number of nitrogens with one attached hydrogen (secondary N) is 1. The first-order valence-corrected chi connectivity index (χ1v) is 6.34. The maximum absolute atomic E-state index is 10.7. The molecule has 0 aliphatic carbocycles. The summed E-state index contributed by atoms with van der Waals surface area (Å²) in [7, 11) is 1.67. The molecule has 0 saturated heterocycles. The SMILES string of the molecule is CSCC(C)CNc1nn(C)cc1[N+](=O)[O-]. The Morgan fingerprint density at radius 3 is 3.00 bits per heavy atom. The Labute approximate surface area is 98.6 Å². The Morgan fingerprint density at radius 2 is 2.44 bits per heavy atom. The summed E-state index contributed by atoms with van der Waals surface area (Å²) in [6.45, 7) is 2.79. The third kappa shape index (κ3) is 3.41. The minimum Gasteiger partial charge on any atom is -0.363 e. The number of hydrogen-bond acceptors (Lipinski definition) is 5. The molecule has 0 spiro atoms. The summed E-state index contributed by atoms with van der Waals surface area (Å²) < 4.78 is 1.44. The lowest BCUT2D eigenvalue weighted by molar-refractivity contribution is -0.384. The summed E-state index contributed by atoms with van der Waals surface area (Å²) in [4.78, 5) is 10.3.